The summed E-state index contributed by atoms with van der Waals surface area (Å²) in [5.41, 5.74) is -1.28. The fourth-order valence-electron chi connectivity index (χ4n) is 7.66. The molecule has 3 rings (SSSR count). The maximum Gasteiger partial charge on any atom is 0.316 e. The molecule has 13 unspecified atom stereocenters. The highest BCUT2D eigenvalue weighted by Gasteiger charge is 2.51. The Bertz CT molecular complexity index is 1420. The normalized spacial score (nSPS) is 39.7. The molecule has 2 fully saturated rings. The van der Waals surface area contributed by atoms with E-state index < -0.39 is 77.3 Å². The molecule has 294 valence electrons. The highest BCUT2D eigenvalue weighted by Crippen LogP contribution is 2.38. The number of rotatable bonds is 8. The van der Waals surface area contributed by atoms with E-state index in [1.165, 1.54) is 21.0 Å². The van der Waals surface area contributed by atoms with Crippen LogP contribution in [0.25, 0.3) is 0 Å². The Morgan fingerprint density at radius 3 is 2.17 bits per heavy atom. The van der Waals surface area contributed by atoms with Gasteiger partial charge in [-0.25, -0.2) is 0 Å². The standard InChI is InChI=1S/C39H63N3O10/c1-14-30-39(9,47)34(45)23(4)31(41-40-26(7)27-15-17-28(48-12)18-16-27)21(2)20-38(8,49-13)35(24(5)32(43)25(6)36(46)51-30)52-37-33(44)29(42(10)11)19-22(3)50-37/h15-18,21-25,29-30,33-35,37,44-45,47H,14,19-20H2,1-13H3. The third-order valence-corrected chi connectivity index (χ3v) is 11.2. The molecule has 0 spiro atoms. The molecule has 0 amide bonds. The lowest BCUT2D eigenvalue weighted by molar-refractivity contribution is -0.295. The van der Waals surface area contributed by atoms with Crippen LogP contribution in [0, 0.1) is 23.7 Å². The van der Waals surface area contributed by atoms with Crippen LogP contribution in [-0.2, 0) is 28.5 Å². The molecule has 0 saturated carbocycles. The number of methoxy groups -OCH3 is 2. The highest BCUT2D eigenvalue weighted by atomic mass is 16.7. The van der Waals surface area contributed by atoms with Crippen molar-refractivity contribution in [2.24, 2.45) is 33.9 Å². The van der Waals surface area contributed by atoms with E-state index in [1.807, 2.05) is 71.0 Å². The van der Waals surface area contributed by atoms with E-state index in [-0.39, 0.29) is 25.0 Å². The number of cyclic esters (lactones) is 1. The average Bonchev–Trinajstić information content (AvgIpc) is 3.11. The average molecular weight is 734 g/mol. The molecule has 1 aromatic rings. The molecule has 13 nitrogen and oxygen atoms in total. The number of aliphatic hydroxyl groups is 3. The molecule has 52 heavy (non-hydrogen) atoms. The summed E-state index contributed by atoms with van der Waals surface area (Å²) in [4.78, 5) is 29.6. The first-order valence-corrected chi connectivity index (χ1v) is 18.3. The first-order valence-electron chi connectivity index (χ1n) is 18.3. The first-order chi connectivity index (χ1) is 24.2. The number of hydrogen-bond acceptors (Lipinski definition) is 13. The fraction of sp³-hybridized carbons (Fsp3) is 0.744. The summed E-state index contributed by atoms with van der Waals surface area (Å²) < 4.78 is 30.1. The molecule has 2 aliphatic rings. The summed E-state index contributed by atoms with van der Waals surface area (Å²) in [5.74, 6) is -4.02. The number of benzene rings is 1. The number of esters is 1. The van der Waals surface area contributed by atoms with Crippen LogP contribution in [-0.4, -0.2) is 126 Å². The van der Waals surface area contributed by atoms with Crippen molar-refractivity contribution in [3.8, 4) is 5.75 Å². The van der Waals surface area contributed by atoms with Gasteiger partial charge in [0, 0.05) is 30.7 Å². The van der Waals surface area contributed by atoms with E-state index in [1.54, 1.807) is 27.9 Å². The second-order valence-corrected chi connectivity index (χ2v) is 15.4. The van der Waals surface area contributed by atoms with E-state index in [9.17, 15) is 24.9 Å². The van der Waals surface area contributed by atoms with Gasteiger partial charge in [0.2, 0.25) is 0 Å². The van der Waals surface area contributed by atoms with Crippen molar-refractivity contribution in [2.45, 2.75) is 136 Å². The van der Waals surface area contributed by atoms with E-state index in [4.69, 9.17) is 28.8 Å². The smallest absolute Gasteiger partial charge is 0.316 e. The van der Waals surface area contributed by atoms with Crippen molar-refractivity contribution in [3.05, 3.63) is 29.8 Å². The van der Waals surface area contributed by atoms with Crippen LogP contribution in [0.5, 0.6) is 5.75 Å². The molecule has 13 atom stereocenters. The summed E-state index contributed by atoms with van der Waals surface area (Å²) in [5, 5.41) is 44.3. The number of likely N-dealkylation sites (N-methyl/N-ethyl adjacent to an activating group) is 1. The molecule has 2 heterocycles. The van der Waals surface area contributed by atoms with Crippen molar-refractivity contribution in [2.75, 3.05) is 28.3 Å². The number of carbonyl (C=O) groups is 2. The Kier molecular flexibility index (Phi) is 15.1. The van der Waals surface area contributed by atoms with Gasteiger partial charge < -0.3 is 43.9 Å². The van der Waals surface area contributed by atoms with Gasteiger partial charge in [-0.05, 0) is 104 Å². The van der Waals surface area contributed by atoms with Crippen LogP contribution >= 0.6 is 0 Å². The number of ketones is 1. The second kappa shape index (κ2) is 18.0. The molecular formula is C39H63N3O10. The molecule has 0 bridgehead atoms. The third-order valence-electron chi connectivity index (χ3n) is 11.2. The summed E-state index contributed by atoms with van der Waals surface area (Å²) in [7, 11) is 6.86. The van der Waals surface area contributed by atoms with E-state index in [2.05, 4.69) is 5.10 Å². The number of ether oxygens (including phenoxy) is 5. The molecule has 3 N–H and O–H groups in total. The molecule has 2 saturated heterocycles. The van der Waals surface area contributed by atoms with Crippen LogP contribution in [0.1, 0.15) is 87.1 Å². The Hall–Kier alpha value is -2.78. The molecule has 0 aliphatic carbocycles. The quantitative estimate of drug-likeness (QED) is 0.153. The van der Waals surface area contributed by atoms with Gasteiger partial charge in [-0.3, -0.25) is 9.59 Å². The van der Waals surface area contributed by atoms with E-state index >= 15 is 0 Å². The van der Waals surface area contributed by atoms with Crippen LogP contribution < -0.4 is 4.74 Å². The lowest BCUT2D eigenvalue weighted by Gasteiger charge is -2.47. The minimum atomic E-state index is -1.91. The lowest BCUT2D eigenvalue weighted by Crippen LogP contribution is -2.60. The van der Waals surface area contributed by atoms with Crippen LogP contribution in [0.15, 0.2) is 34.5 Å². The second-order valence-electron chi connectivity index (χ2n) is 15.4. The Morgan fingerprint density at radius 2 is 1.63 bits per heavy atom. The van der Waals surface area contributed by atoms with Crippen LogP contribution in [0.3, 0.4) is 0 Å². The topological polar surface area (TPSA) is 169 Å². The highest BCUT2D eigenvalue weighted by molar-refractivity contribution is 6.00. The SMILES string of the molecule is CCC1OC(=O)C(C)C(=O)C(C)C(OC2OC(C)CC(N(C)C)C2O)C(C)(OC)CC(C)C(=NN=C(C)c2ccc(OC)cc2)C(C)C(O)C1(C)O. The van der Waals surface area contributed by atoms with Gasteiger partial charge in [0.05, 0.1) is 36.7 Å². The largest absolute Gasteiger partial charge is 0.497 e. The van der Waals surface area contributed by atoms with Crippen molar-refractivity contribution < 1.29 is 48.6 Å². The Morgan fingerprint density at radius 1 is 1.02 bits per heavy atom. The summed E-state index contributed by atoms with van der Waals surface area (Å²) >= 11 is 0. The Labute approximate surface area is 309 Å². The predicted molar refractivity (Wildman–Crippen MR) is 198 cm³/mol. The van der Waals surface area contributed by atoms with Crippen molar-refractivity contribution in [1.29, 1.82) is 0 Å². The monoisotopic (exact) mass is 733 g/mol. The Balaban J connectivity index is 2.21. The van der Waals surface area contributed by atoms with Crippen molar-refractivity contribution >= 4 is 23.2 Å². The first kappa shape index (κ1) is 43.6. The third kappa shape index (κ3) is 9.65. The van der Waals surface area contributed by atoms with Gasteiger partial charge in [-0.2, -0.15) is 10.2 Å². The van der Waals surface area contributed by atoms with E-state index in [0.717, 1.165) is 5.56 Å². The van der Waals surface area contributed by atoms with Gasteiger partial charge in [0.15, 0.2) is 12.1 Å². The van der Waals surface area contributed by atoms with Crippen molar-refractivity contribution in [3.63, 3.8) is 0 Å². The number of aliphatic hydroxyl groups excluding tert-OH is 2. The van der Waals surface area contributed by atoms with Crippen molar-refractivity contribution in [1.82, 2.24) is 4.90 Å². The minimum absolute atomic E-state index is 0.172. The van der Waals surface area contributed by atoms with Gasteiger partial charge in [-0.1, -0.05) is 27.7 Å². The number of nitrogens with zero attached hydrogens (tertiary/aromatic N) is 3. The maximum atomic E-state index is 14.2. The summed E-state index contributed by atoms with van der Waals surface area (Å²) in [6.07, 6.45) is -5.05. The fourth-order valence-corrected chi connectivity index (χ4v) is 7.66. The number of carbonyl (C=O) groups excluding carboxylic acids is 2. The van der Waals surface area contributed by atoms with E-state index in [0.29, 0.717) is 23.6 Å². The molecule has 0 aromatic heterocycles. The molecule has 13 heteroatoms. The van der Waals surface area contributed by atoms with Gasteiger partial charge >= 0.3 is 5.97 Å². The number of hydrogen-bond donors (Lipinski definition) is 3. The van der Waals surface area contributed by atoms with Crippen LogP contribution in [0.4, 0.5) is 0 Å². The molecule has 1 aromatic carbocycles. The maximum absolute atomic E-state index is 14.2. The summed E-state index contributed by atoms with van der Waals surface area (Å²) in [6.45, 7) is 15.5. The lowest BCUT2D eigenvalue weighted by atomic mass is 9.74. The molecule has 0 radical (unpaired) electrons. The molecular weight excluding hydrogens is 670 g/mol. The number of Topliss-reactive ketones (excluding diaryl/α,β-unsaturated/α-hetero) is 1. The summed E-state index contributed by atoms with van der Waals surface area (Å²) in [6, 6.07) is 7.11. The zero-order valence-corrected chi connectivity index (χ0v) is 33.3. The zero-order valence-electron chi connectivity index (χ0n) is 33.3. The van der Waals surface area contributed by atoms with Gasteiger partial charge in [0.25, 0.3) is 0 Å². The van der Waals surface area contributed by atoms with Gasteiger partial charge in [-0.15, -0.1) is 0 Å². The minimum Gasteiger partial charge on any atom is -0.497 e. The zero-order chi connectivity index (χ0) is 39.3. The van der Waals surface area contributed by atoms with Gasteiger partial charge in [0.1, 0.15) is 29.5 Å². The van der Waals surface area contributed by atoms with Crippen LogP contribution in [0.2, 0.25) is 0 Å². The molecule has 2 aliphatic heterocycles. The predicted octanol–water partition coefficient (Wildman–Crippen LogP) is 4.03.